The maximum absolute atomic E-state index is 11.4. The highest BCUT2D eigenvalue weighted by atomic mass is 16.5. The summed E-state index contributed by atoms with van der Waals surface area (Å²) in [5.41, 5.74) is 2.11. The largest absolute Gasteiger partial charge is 0.364 e. The van der Waals surface area contributed by atoms with Gasteiger partial charge in [-0.25, -0.2) is 5.84 Å². The normalized spacial score (nSPS) is 29.7. The zero-order chi connectivity index (χ0) is 13.0. The van der Waals surface area contributed by atoms with Gasteiger partial charge in [0.1, 0.15) is 6.10 Å². The van der Waals surface area contributed by atoms with Crippen molar-refractivity contribution in [2.24, 2.45) is 5.84 Å². The summed E-state index contributed by atoms with van der Waals surface area (Å²) >= 11 is 0. The Morgan fingerprint density at radius 1 is 1.56 bits per heavy atom. The molecule has 2 atom stereocenters. The lowest BCUT2D eigenvalue weighted by atomic mass is 10.2. The van der Waals surface area contributed by atoms with Crippen LogP contribution >= 0.6 is 0 Å². The second-order valence-corrected chi connectivity index (χ2v) is 4.77. The van der Waals surface area contributed by atoms with Crippen molar-refractivity contribution in [2.75, 3.05) is 26.2 Å². The summed E-state index contributed by atoms with van der Waals surface area (Å²) in [7, 11) is 0. The van der Waals surface area contributed by atoms with E-state index in [2.05, 4.69) is 15.6 Å². The van der Waals surface area contributed by atoms with Gasteiger partial charge in [0.2, 0.25) is 5.91 Å². The van der Waals surface area contributed by atoms with Crippen LogP contribution in [0.5, 0.6) is 0 Å². The van der Waals surface area contributed by atoms with E-state index in [1.54, 1.807) is 0 Å². The van der Waals surface area contributed by atoms with Gasteiger partial charge in [0.15, 0.2) is 0 Å². The predicted molar refractivity (Wildman–Crippen MR) is 64.3 cm³/mol. The number of nitrogens with two attached hydrogens (primary N) is 1. The van der Waals surface area contributed by atoms with E-state index in [0.29, 0.717) is 19.5 Å². The Labute approximate surface area is 106 Å². The third kappa shape index (κ3) is 3.41. The van der Waals surface area contributed by atoms with Crippen LogP contribution in [0, 0.1) is 0 Å². The van der Waals surface area contributed by atoms with Crippen LogP contribution in [0.1, 0.15) is 19.3 Å². The highest BCUT2D eigenvalue weighted by Crippen LogP contribution is 2.20. The number of amides is 2. The summed E-state index contributed by atoms with van der Waals surface area (Å²) in [6.07, 6.45) is 2.04. The topological polar surface area (TPSA) is 96.7 Å². The number of nitrogens with one attached hydrogen (secondary N) is 2. The van der Waals surface area contributed by atoms with E-state index in [1.807, 2.05) is 0 Å². The fraction of sp³-hybridized carbons (Fsp3) is 0.818. The van der Waals surface area contributed by atoms with E-state index in [9.17, 15) is 9.59 Å². The molecule has 0 spiro atoms. The van der Waals surface area contributed by atoms with Crippen molar-refractivity contribution in [3.05, 3.63) is 0 Å². The van der Waals surface area contributed by atoms with Crippen LogP contribution in [0.2, 0.25) is 0 Å². The molecule has 2 saturated heterocycles. The molecule has 0 aromatic carbocycles. The quantitative estimate of drug-likeness (QED) is 0.319. The van der Waals surface area contributed by atoms with Crippen molar-refractivity contribution in [1.29, 1.82) is 0 Å². The standard InChI is InChI=1S/C11H20N4O3/c12-14-11(17)9-3-2-8(18-9)6-15-5-1-4-13-10(16)7-15/h8-9H,1-7,12H2,(H,13,16)(H,14,17). The molecule has 0 aromatic heterocycles. The molecule has 7 nitrogen and oxygen atoms in total. The second-order valence-electron chi connectivity index (χ2n) is 4.77. The van der Waals surface area contributed by atoms with Crippen LogP contribution in [-0.4, -0.2) is 55.1 Å². The average molecular weight is 256 g/mol. The highest BCUT2D eigenvalue weighted by Gasteiger charge is 2.31. The molecule has 2 rings (SSSR count). The van der Waals surface area contributed by atoms with E-state index >= 15 is 0 Å². The fourth-order valence-electron chi connectivity index (χ4n) is 2.44. The molecule has 4 N–H and O–H groups in total. The van der Waals surface area contributed by atoms with Crippen molar-refractivity contribution in [3.8, 4) is 0 Å². The Bertz CT molecular complexity index is 323. The number of nitrogens with zero attached hydrogens (tertiary/aromatic N) is 1. The second kappa shape index (κ2) is 6.12. The molecule has 102 valence electrons. The first-order chi connectivity index (χ1) is 8.69. The minimum absolute atomic E-state index is 0.0122. The first-order valence-electron chi connectivity index (χ1n) is 6.34. The lowest BCUT2D eigenvalue weighted by molar-refractivity contribution is -0.133. The molecule has 18 heavy (non-hydrogen) atoms. The molecule has 0 aliphatic carbocycles. The van der Waals surface area contributed by atoms with Crippen molar-refractivity contribution in [2.45, 2.75) is 31.5 Å². The third-order valence-corrected chi connectivity index (χ3v) is 3.34. The van der Waals surface area contributed by atoms with E-state index in [4.69, 9.17) is 10.6 Å². The van der Waals surface area contributed by atoms with Gasteiger partial charge in [-0.15, -0.1) is 0 Å². The fourth-order valence-corrected chi connectivity index (χ4v) is 2.44. The number of carbonyl (C=O) groups is 2. The highest BCUT2D eigenvalue weighted by molar-refractivity contribution is 5.80. The third-order valence-electron chi connectivity index (χ3n) is 3.34. The Morgan fingerprint density at radius 2 is 2.39 bits per heavy atom. The number of hydrazine groups is 1. The molecular formula is C11H20N4O3. The molecule has 0 aromatic rings. The molecule has 2 heterocycles. The first kappa shape index (κ1) is 13.3. The zero-order valence-corrected chi connectivity index (χ0v) is 10.4. The number of hydrogen-bond donors (Lipinski definition) is 3. The lowest BCUT2D eigenvalue weighted by Crippen LogP contribution is -2.41. The molecule has 2 fully saturated rings. The lowest BCUT2D eigenvalue weighted by Gasteiger charge is -2.22. The van der Waals surface area contributed by atoms with Crippen molar-refractivity contribution >= 4 is 11.8 Å². The molecule has 2 aliphatic heterocycles. The van der Waals surface area contributed by atoms with Crippen LogP contribution in [0.4, 0.5) is 0 Å². The molecule has 0 saturated carbocycles. The first-order valence-corrected chi connectivity index (χ1v) is 6.34. The predicted octanol–water partition coefficient (Wildman–Crippen LogP) is -1.65. The number of hydrogen-bond acceptors (Lipinski definition) is 5. The van der Waals surface area contributed by atoms with Gasteiger partial charge in [-0.2, -0.15) is 0 Å². The number of ether oxygens (including phenoxy) is 1. The van der Waals surface area contributed by atoms with Crippen molar-refractivity contribution < 1.29 is 14.3 Å². The summed E-state index contributed by atoms with van der Waals surface area (Å²) in [6.45, 7) is 2.72. The van der Waals surface area contributed by atoms with Crippen LogP contribution in [0.3, 0.4) is 0 Å². The summed E-state index contributed by atoms with van der Waals surface area (Å²) in [5, 5.41) is 2.83. The van der Waals surface area contributed by atoms with Gasteiger partial charge in [0, 0.05) is 19.6 Å². The minimum Gasteiger partial charge on any atom is -0.364 e. The maximum Gasteiger partial charge on any atom is 0.263 e. The molecule has 7 heteroatoms. The van der Waals surface area contributed by atoms with Crippen LogP contribution < -0.4 is 16.6 Å². The van der Waals surface area contributed by atoms with Gasteiger partial charge in [-0.1, -0.05) is 0 Å². The summed E-state index contributed by atoms with van der Waals surface area (Å²) < 4.78 is 5.63. The van der Waals surface area contributed by atoms with Gasteiger partial charge in [-0.05, 0) is 19.3 Å². The van der Waals surface area contributed by atoms with Crippen LogP contribution in [-0.2, 0) is 14.3 Å². The molecule has 0 bridgehead atoms. The van der Waals surface area contributed by atoms with Crippen molar-refractivity contribution in [3.63, 3.8) is 0 Å². The smallest absolute Gasteiger partial charge is 0.263 e. The average Bonchev–Trinajstić information content (AvgIpc) is 2.72. The zero-order valence-electron chi connectivity index (χ0n) is 10.4. The molecule has 0 radical (unpaired) electrons. The van der Waals surface area contributed by atoms with Gasteiger partial charge in [0.05, 0.1) is 12.6 Å². The SMILES string of the molecule is NNC(=O)C1CCC(CN2CCCNC(=O)C2)O1. The Morgan fingerprint density at radius 3 is 3.17 bits per heavy atom. The Hall–Kier alpha value is -1.18. The van der Waals surface area contributed by atoms with Gasteiger partial charge >= 0.3 is 0 Å². The molecule has 2 amide bonds. The van der Waals surface area contributed by atoms with Crippen LogP contribution in [0.15, 0.2) is 0 Å². The minimum atomic E-state index is -0.444. The molecule has 2 unspecified atom stereocenters. The molecule has 2 aliphatic rings. The maximum atomic E-state index is 11.4. The Kier molecular flexibility index (Phi) is 4.51. The monoisotopic (exact) mass is 256 g/mol. The van der Waals surface area contributed by atoms with E-state index in [0.717, 1.165) is 25.9 Å². The summed E-state index contributed by atoms with van der Waals surface area (Å²) in [5.74, 6) is 4.86. The van der Waals surface area contributed by atoms with E-state index < -0.39 is 6.10 Å². The number of rotatable bonds is 3. The molecular weight excluding hydrogens is 236 g/mol. The Balaban J connectivity index is 1.80. The van der Waals surface area contributed by atoms with Crippen LogP contribution in [0.25, 0.3) is 0 Å². The van der Waals surface area contributed by atoms with E-state index in [-0.39, 0.29) is 17.9 Å². The van der Waals surface area contributed by atoms with Crippen molar-refractivity contribution in [1.82, 2.24) is 15.6 Å². The van der Waals surface area contributed by atoms with Gasteiger partial charge in [-0.3, -0.25) is 19.9 Å². The van der Waals surface area contributed by atoms with Gasteiger partial charge in [0.25, 0.3) is 5.91 Å². The van der Waals surface area contributed by atoms with Gasteiger partial charge < -0.3 is 10.1 Å². The summed E-state index contributed by atoms with van der Waals surface area (Å²) in [4.78, 5) is 24.8. The summed E-state index contributed by atoms with van der Waals surface area (Å²) in [6, 6.07) is 0. The number of carbonyl (C=O) groups excluding carboxylic acids is 2. The van der Waals surface area contributed by atoms with E-state index in [1.165, 1.54) is 0 Å².